The molecule has 4 heterocycles. The van der Waals surface area contributed by atoms with Crippen molar-refractivity contribution < 1.29 is 28.2 Å². The average molecular weight is 635 g/mol. The molecule has 242 valence electrons. The SMILES string of the molecule is C[C@H](O)C(=O)N1CCC(Oc2ccc(-c3ncnc(Nc4ccc(N5CCN(C6COC6)[C@H](C)C5)cc4)n3)cc2C#N)C(F)(F)C1. The summed E-state index contributed by atoms with van der Waals surface area (Å²) in [4.78, 5) is 30.8. The first-order valence-electron chi connectivity index (χ1n) is 15.3. The lowest BCUT2D eigenvalue weighted by Gasteiger charge is -2.47. The summed E-state index contributed by atoms with van der Waals surface area (Å²) >= 11 is 0. The highest BCUT2D eigenvalue weighted by atomic mass is 19.3. The Morgan fingerprint density at radius 2 is 1.96 bits per heavy atom. The number of nitriles is 1. The number of amides is 1. The van der Waals surface area contributed by atoms with E-state index in [2.05, 4.69) is 49.1 Å². The third kappa shape index (κ3) is 6.72. The second-order valence-corrected chi connectivity index (χ2v) is 11.9. The second kappa shape index (κ2) is 13.1. The van der Waals surface area contributed by atoms with Gasteiger partial charge in [-0.05, 0) is 56.3 Å². The van der Waals surface area contributed by atoms with Gasteiger partial charge in [0.25, 0.3) is 5.91 Å². The Labute approximate surface area is 265 Å². The van der Waals surface area contributed by atoms with Gasteiger partial charge in [-0.25, -0.2) is 18.7 Å². The van der Waals surface area contributed by atoms with Crippen LogP contribution in [0.1, 0.15) is 25.8 Å². The number of piperidine rings is 1. The molecule has 0 saturated carbocycles. The maximum absolute atomic E-state index is 14.9. The minimum absolute atomic E-state index is 0.0000902. The maximum atomic E-state index is 14.9. The molecule has 0 radical (unpaired) electrons. The van der Waals surface area contributed by atoms with Crippen molar-refractivity contribution >= 4 is 23.2 Å². The van der Waals surface area contributed by atoms with Crippen LogP contribution in [0.2, 0.25) is 0 Å². The van der Waals surface area contributed by atoms with Crippen LogP contribution in [0.15, 0.2) is 48.8 Å². The van der Waals surface area contributed by atoms with Crippen LogP contribution in [-0.4, -0.2) is 112 Å². The van der Waals surface area contributed by atoms with Gasteiger partial charge in [-0.15, -0.1) is 0 Å². The van der Waals surface area contributed by atoms with E-state index in [0.717, 1.165) is 49.1 Å². The minimum atomic E-state index is -3.38. The number of aromatic nitrogens is 3. The van der Waals surface area contributed by atoms with Gasteiger partial charge in [0.05, 0.1) is 31.4 Å². The highest BCUT2D eigenvalue weighted by Crippen LogP contribution is 2.34. The molecule has 3 aliphatic heterocycles. The van der Waals surface area contributed by atoms with Crippen molar-refractivity contribution in [3.8, 4) is 23.2 Å². The van der Waals surface area contributed by atoms with Crippen LogP contribution in [0.3, 0.4) is 0 Å². The maximum Gasteiger partial charge on any atom is 0.301 e. The van der Waals surface area contributed by atoms with Gasteiger partial charge in [-0.3, -0.25) is 9.69 Å². The van der Waals surface area contributed by atoms with Crippen LogP contribution in [0, 0.1) is 11.3 Å². The number of carbonyl (C=O) groups excluding carboxylic acids is 1. The number of likely N-dealkylation sites (tertiary alicyclic amines) is 1. The third-order valence-electron chi connectivity index (χ3n) is 8.66. The molecular formula is C32H36F2N8O4. The lowest BCUT2D eigenvalue weighted by molar-refractivity contribution is -0.165. The summed E-state index contributed by atoms with van der Waals surface area (Å²) in [5.74, 6) is -3.55. The van der Waals surface area contributed by atoms with E-state index in [-0.39, 0.29) is 30.1 Å². The Balaban J connectivity index is 1.09. The van der Waals surface area contributed by atoms with Gasteiger partial charge in [-0.1, -0.05) is 0 Å². The standard InChI is InChI=1S/C32H36F2N8O4/c1-20-15-40(11-12-42(20)26-16-45-17-26)25-6-4-24(5-7-25)38-31-37-19-36-29(39-31)22-3-8-27(23(13-22)14-35)46-28-9-10-41(18-32(28,33)34)30(44)21(2)43/h3-8,13,19-21,26,28,43H,9-12,15-18H2,1-2H3,(H,36,37,38,39)/t20-,21+,28?/m1/s1. The van der Waals surface area contributed by atoms with Crippen LogP contribution in [0.5, 0.6) is 5.75 Å². The Hall–Kier alpha value is -4.45. The Morgan fingerprint density at radius 1 is 1.17 bits per heavy atom. The first kappa shape index (κ1) is 31.5. The van der Waals surface area contributed by atoms with E-state index in [1.807, 2.05) is 18.2 Å². The summed E-state index contributed by atoms with van der Waals surface area (Å²) in [6.07, 6.45) is -1.72. The summed E-state index contributed by atoms with van der Waals surface area (Å²) in [5.41, 5.74) is 2.46. The number of nitrogens with one attached hydrogen (secondary N) is 1. The predicted octanol–water partition coefficient (Wildman–Crippen LogP) is 3.06. The first-order chi connectivity index (χ1) is 22.1. The molecule has 2 aromatic carbocycles. The monoisotopic (exact) mass is 634 g/mol. The molecule has 1 aromatic heterocycles. The lowest BCUT2D eigenvalue weighted by Crippen LogP contribution is -2.60. The van der Waals surface area contributed by atoms with Gasteiger partial charge in [0.2, 0.25) is 5.95 Å². The molecule has 0 bridgehead atoms. The number of anilines is 3. The topological polar surface area (TPSA) is 140 Å². The fourth-order valence-corrected chi connectivity index (χ4v) is 6.07. The number of rotatable bonds is 8. The molecule has 0 aliphatic carbocycles. The Kier molecular flexibility index (Phi) is 8.99. The molecule has 1 amide bonds. The lowest BCUT2D eigenvalue weighted by atomic mass is 10.0. The van der Waals surface area contributed by atoms with Crippen LogP contribution in [0.25, 0.3) is 11.4 Å². The zero-order valence-corrected chi connectivity index (χ0v) is 25.6. The van der Waals surface area contributed by atoms with Crippen LogP contribution >= 0.6 is 0 Å². The zero-order valence-electron chi connectivity index (χ0n) is 25.6. The predicted molar refractivity (Wildman–Crippen MR) is 165 cm³/mol. The molecule has 6 rings (SSSR count). The third-order valence-corrected chi connectivity index (χ3v) is 8.66. The molecule has 3 saturated heterocycles. The van der Waals surface area contributed by atoms with Crippen molar-refractivity contribution in [3.05, 3.63) is 54.4 Å². The molecule has 0 spiro atoms. The van der Waals surface area contributed by atoms with Crippen molar-refractivity contribution in [3.63, 3.8) is 0 Å². The Morgan fingerprint density at radius 3 is 2.61 bits per heavy atom. The number of hydrogen-bond donors (Lipinski definition) is 2. The smallest absolute Gasteiger partial charge is 0.301 e. The van der Waals surface area contributed by atoms with Gasteiger partial charge in [0.1, 0.15) is 24.3 Å². The number of piperazine rings is 1. The molecule has 46 heavy (non-hydrogen) atoms. The average Bonchev–Trinajstić information content (AvgIpc) is 3.02. The summed E-state index contributed by atoms with van der Waals surface area (Å²) in [5, 5.41) is 22.5. The Bertz CT molecular complexity index is 1600. The summed E-state index contributed by atoms with van der Waals surface area (Å²) < 4.78 is 40.8. The summed E-state index contributed by atoms with van der Waals surface area (Å²) in [6.45, 7) is 7.16. The number of hydrogen-bond acceptors (Lipinski definition) is 11. The van der Waals surface area contributed by atoms with E-state index in [4.69, 9.17) is 9.47 Å². The quantitative estimate of drug-likeness (QED) is 0.378. The van der Waals surface area contributed by atoms with Crippen LogP contribution in [0.4, 0.5) is 26.1 Å². The van der Waals surface area contributed by atoms with Gasteiger partial charge >= 0.3 is 5.92 Å². The second-order valence-electron chi connectivity index (χ2n) is 11.9. The highest BCUT2D eigenvalue weighted by Gasteiger charge is 2.48. The molecule has 2 N–H and O–H groups in total. The number of aliphatic hydroxyl groups is 1. The number of nitrogens with zero attached hydrogens (tertiary/aromatic N) is 7. The van der Waals surface area contributed by atoms with Crippen molar-refractivity contribution in [1.82, 2.24) is 24.8 Å². The molecule has 1 unspecified atom stereocenters. The minimum Gasteiger partial charge on any atom is -0.483 e. The summed E-state index contributed by atoms with van der Waals surface area (Å²) in [7, 11) is 0. The number of alkyl halides is 2. The van der Waals surface area contributed by atoms with E-state index >= 15 is 0 Å². The van der Waals surface area contributed by atoms with Crippen molar-refractivity contribution in [2.75, 3.05) is 56.2 Å². The van der Waals surface area contributed by atoms with E-state index in [9.17, 15) is 23.9 Å². The highest BCUT2D eigenvalue weighted by molar-refractivity contribution is 5.80. The van der Waals surface area contributed by atoms with Gasteiger partial charge in [0.15, 0.2) is 11.9 Å². The zero-order chi connectivity index (χ0) is 32.4. The van der Waals surface area contributed by atoms with E-state index in [0.29, 0.717) is 23.6 Å². The van der Waals surface area contributed by atoms with Crippen molar-refractivity contribution in [1.29, 1.82) is 5.26 Å². The largest absolute Gasteiger partial charge is 0.483 e. The van der Waals surface area contributed by atoms with E-state index in [1.54, 1.807) is 6.07 Å². The molecule has 3 fully saturated rings. The number of halogens is 2. The normalized spacial score (nSPS) is 22.4. The molecule has 3 aliphatic rings. The summed E-state index contributed by atoms with van der Waals surface area (Å²) in [6, 6.07) is 15.6. The number of aliphatic hydroxyl groups excluding tert-OH is 1. The van der Waals surface area contributed by atoms with Gasteiger partial charge < -0.3 is 29.7 Å². The molecule has 14 heteroatoms. The number of carbonyl (C=O) groups is 1. The van der Waals surface area contributed by atoms with Crippen molar-refractivity contribution in [2.24, 2.45) is 0 Å². The van der Waals surface area contributed by atoms with Crippen LogP contribution < -0.4 is 15.0 Å². The molecule has 3 atom stereocenters. The number of benzene rings is 2. The molecule has 3 aromatic rings. The first-order valence-corrected chi connectivity index (χ1v) is 15.3. The molecular weight excluding hydrogens is 598 g/mol. The van der Waals surface area contributed by atoms with Crippen molar-refractivity contribution in [2.45, 2.75) is 50.5 Å². The van der Waals surface area contributed by atoms with Gasteiger partial charge in [-0.2, -0.15) is 10.2 Å². The number of ether oxygens (including phenoxy) is 2. The van der Waals surface area contributed by atoms with E-state index < -0.39 is 30.6 Å². The molecule has 12 nitrogen and oxygen atoms in total. The fraction of sp³-hybridized carbons (Fsp3) is 0.469. The van der Waals surface area contributed by atoms with E-state index in [1.165, 1.54) is 25.4 Å². The fourth-order valence-electron chi connectivity index (χ4n) is 6.07. The van der Waals surface area contributed by atoms with Gasteiger partial charge in [0, 0.05) is 55.6 Å². The van der Waals surface area contributed by atoms with Crippen LogP contribution in [-0.2, 0) is 9.53 Å².